The van der Waals surface area contributed by atoms with Crippen molar-refractivity contribution < 1.29 is 22.9 Å². The molecule has 2 aromatic carbocycles. The Morgan fingerprint density at radius 1 is 1.19 bits per heavy atom. The van der Waals surface area contributed by atoms with Crippen LogP contribution in [0.1, 0.15) is 21.5 Å². The van der Waals surface area contributed by atoms with E-state index in [4.69, 9.17) is 4.74 Å². The Labute approximate surface area is 151 Å². The monoisotopic (exact) mass is 378 g/mol. The number of anilines is 1. The van der Waals surface area contributed by atoms with Crippen LogP contribution in [0.3, 0.4) is 0 Å². The molecular weight excluding hydrogens is 360 g/mol. The van der Waals surface area contributed by atoms with Gasteiger partial charge < -0.3 is 4.74 Å². The summed E-state index contributed by atoms with van der Waals surface area (Å²) < 4.78 is 31.5. The third-order valence-electron chi connectivity index (χ3n) is 4.09. The van der Waals surface area contributed by atoms with Crippen LogP contribution >= 0.6 is 0 Å². The summed E-state index contributed by atoms with van der Waals surface area (Å²) in [5.74, 6) is -0.582. The second-order valence-electron chi connectivity index (χ2n) is 5.62. The maximum atomic E-state index is 12.9. The van der Waals surface area contributed by atoms with Gasteiger partial charge in [0.25, 0.3) is 15.7 Å². The van der Waals surface area contributed by atoms with Crippen LogP contribution in [0.5, 0.6) is 0 Å². The molecule has 2 rings (SSSR count). The summed E-state index contributed by atoms with van der Waals surface area (Å²) in [7, 11) is -1.50. The second kappa shape index (κ2) is 7.12. The zero-order chi connectivity index (χ0) is 19.6. The predicted molar refractivity (Wildman–Crippen MR) is 95.9 cm³/mol. The lowest BCUT2D eigenvalue weighted by Crippen LogP contribution is -2.27. The van der Waals surface area contributed by atoms with Crippen LogP contribution in [0.25, 0.3) is 0 Å². The molecule has 2 aromatic rings. The van der Waals surface area contributed by atoms with E-state index in [0.29, 0.717) is 11.1 Å². The van der Waals surface area contributed by atoms with Crippen molar-refractivity contribution in [1.29, 1.82) is 0 Å². The smallest absolute Gasteiger partial charge is 0.338 e. The number of rotatable bonds is 5. The molecular formula is C17H18N2O6S. The van der Waals surface area contributed by atoms with E-state index in [-0.39, 0.29) is 21.8 Å². The zero-order valence-corrected chi connectivity index (χ0v) is 15.5. The Morgan fingerprint density at radius 2 is 1.85 bits per heavy atom. The molecule has 0 amide bonds. The minimum absolute atomic E-state index is 0.208. The lowest BCUT2D eigenvalue weighted by Gasteiger charge is -2.22. The fourth-order valence-electron chi connectivity index (χ4n) is 2.53. The number of sulfonamides is 1. The molecule has 0 heterocycles. The van der Waals surface area contributed by atoms with Crippen molar-refractivity contribution in [3.63, 3.8) is 0 Å². The SMILES string of the molecule is COC(=O)c1cccc(N(C)S(=O)(=O)c2ccc(C)c([N+](=O)[O-])c2)c1C. The molecule has 0 aliphatic heterocycles. The van der Waals surface area contributed by atoms with Crippen LogP contribution in [0.15, 0.2) is 41.3 Å². The van der Waals surface area contributed by atoms with E-state index in [0.717, 1.165) is 10.4 Å². The van der Waals surface area contributed by atoms with Crippen molar-refractivity contribution in [1.82, 2.24) is 0 Å². The van der Waals surface area contributed by atoms with Gasteiger partial charge >= 0.3 is 5.97 Å². The first-order valence-corrected chi connectivity index (χ1v) is 8.97. The highest BCUT2D eigenvalue weighted by Gasteiger charge is 2.26. The highest BCUT2D eigenvalue weighted by atomic mass is 32.2. The first-order chi connectivity index (χ1) is 12.1. The van der Waals surface area contributed by atoms with Crippen molar-refractivity contribution in [2.24, 2.45) is 0 Å². The number of ether oxygens (including phenoxy) is 1. The maximum absolute atomic E-state index is 12.9. The highest BCUT2D eigenvalue weighted by molar-refractivity contribution is 7.92. The van der Waals surface area contributed by atoms with Crippen LogP contribution < -0.4 is 4.31 Å². The number of nitro benzene ring substituents is 1. The van der Waals surface area contributed by atoms with E-state index in [1.54, 1.807) is 13.0 Å². The number of carbonyl (C=O) groups is 1. The van der Waals surface area contributed by atoms with Gasteiger partial charge in [0, 0.05) is 18.7 Å². The number of nitrogens with zero attached hydrogens (tertiary/aromatic N) is 2. The van der Waals surface area contributed by atoms with Gasteiger partial charge in [0.15, 0.2) is 0 Å². The molecule has 0 saturated heterocycles. The predicted octanol–water partition coefficient (Wildman–Crippen LogP) is 2.82. The summed E-state index contributed by atoms with van der Waals surface area (Å²) in [6.07, 6.45) is 0. The minimum Gasteiger partial charge on any atom is -0.465 e. The summed E-state index contributed by atoms with van der Waals surface area (Å²) in [6, 6.07) is 8.34. The van der Waals surface area contributed by atoms with Gasteiger partial charge in [-0.05, 0) is 37.6 Å². The van der Waals surface area contributed by atoms with Crippen LogP contribution in [-0.2, 0) is 14.8 Å². The number of carbonyl (C=O) groups excluding carboxylic acids is 1. The van der Waals surface area contributed by atoms with E-state index < -0.39 is 20.9 Å². The average Bonchev–Trinajstić information content (AvgIpc) is 2.60. The third-order valence-corrected chi connectivity index (χ3v) is 5.85. The zero-order valence-electron chi connectivity index (χ0n) is 14.7. The number of hydrogen-bond acceptors (Lipinski definition) is 6. The highest BCUT2D eigenvalue weighted by Crippen LogP contribution is 2.30. The molecule has 0 spiro atoms. The molecule has 26 heavy (non-hydrogen) atoms. The molecule has 0 aromatic heterocycles. The number of aryl methyl sites for hydroxylation is 1. The van der Waals surface area contributed by atoms with Crippen LogP contribution in [-0.4, -0.2) is 33.5 Å². The number of esters is 1. The van der Waals surface area contributed by atoms with Gasteiger partial charge in [-0.1, -0.05) is 12.1 Å². The first-order valence-electron chi connectivity index (χ1n) is 7.53. The van der Waals surface area contributed by atoms with Gasteiger partial charge in [0.1, 0.15) is 0 Å². The Balaban J connectivity index is 2.56. The van der Waals surface area contributed by atoms with Crippen molar-refractivity contribution >= 4 is 27.4 Å². The average molecular weight is 378 g/mol. The fourth-order valence-corrected chi connectivity index (χ4v) is 3.80. The second-order valence-corrected chi connectivity index (χ2v) is 7.59. The van der Waals surface area contributed by atoms with E-state index in [1.807, 2.05) is 0 Å². The van der Waals surface area contributed by atoms with Gasteiger partial charge in [0.2, 0.25) is 0 Å². The largest absolute Gasteiger partial charge is 0.465 e. The third kappa shape index (κ3) is 3.38. The normalized spacial score (nSPS) is 11.1. The summed E-state index contributed by atoms with van der Waals surface area (Å²) in [4.78, 5) is 22.1. The van der Waals surface area contributed by atoms with Gasteiger partial charge in [-0.2, -0.15) is 0 Å². The Hall–Kier alpha value is -2.94. The number of benzene rings is 2. The Morgan fingerprint density at radius 3 is 2.42 bits per heavy atom. The van der Waals surface area contributed by atoms with E-state index in [1.165, 1.54) is 45.3 Å². The summed E-state index contributed by atoms with van der Waals surface area (Å²) in [6.45, 7) is 3.13. The van der Waals surface area contributed by atoms with Crippen molar-refractivity contribution in [3.05, 3.63) is 63.2 Å². The number of hydrogen-bond donors (Lipinski definition) is 0. The maximum Gasteiger partial charge on any atom is 0.338 e. The van der Waals surface area contributed by atoms with E-state index >= 15 is 0 Å². The van der Waals surface area contributed by atoms with Crippen LogP contribution in [0.2, 0.25) is 0 Å². The summed E-state index contributed by atoms with van der Waals surface area (Å²) in [5, 5.41) is 11.1. The van der Waals surface area contributed by atoms with Gasteiger partial charge in [-0.25, -0.2) is 13.2 Å². The standard InChI is InChI=1S/C17H18N2O6S/c1-11-8-9-13(10-16(11)19(21)22)26(23,24)18(3)15-7-5-6-14(12(15)2)17(20)25-4/h5-10H,1-4H3. The Bertz CT molecular complexity index is 985. The molecule has 0 aliphatic carbocycles. The van der Waals surface area contributed by atoms with Gasteiger partial charge in [0.05, 0.1) is 28.2 Å². The molecule has 8 nitrogen and oxygen atoms in total. The van der Waals surface area contributed by atoms with Crippen LogP contribution in [0.4, 0.5) is 11.4 Å². The molecule has 0 radical (unpaired) electrons. The van der Waals surface area contributed by atoms with Crippen molar-refractivity contribution in [2.45, 2.75) is 18.7 Å². The van der Waals surface area contributed by atoms with Crippen molar-refractivity contribution in [3.8, 4) is 0 Å². The lowest BCUT2D eigenvalue weighted by molar-refractivity contribution is -0.385. The van der Waals surface area contributed by atoms with Crippen molar-refractivity contribution in [2.75, 3.05) is 18.5 Å². The molecule has 0 bridgehead atoms. The molecule has 0 saturated carbocycles. The molecule has 9 heteroatoms. The number of nitro groups is 1. The molecule has 0 atom stereocenters. The van der Waals surface area contributed by atoms with Crippen LogP contribution in [0, 0.1) is 24.0 Å². The molecule has 0 fully saturated rings. The first kappa shape index (κ1) is 19.4. The van der Waals surface area contributed by atoms with Gasteiger partial charge in [-0.15, -0.1) is 0 Å². The minimum atomic E-state index is -4.06. The molecule has 0 N–H and O–H groups in total. The number of methoxy groups -OCH3 is 1. The van der Waals surface area contributed by atoms with E-state index in [9.17, 15) is 23.3 Å². The van der Waals surface area contributed by atoms with E-state index in [2.05, 4.69) is 0 Å². The molecule has 138 valence electrons. The quantitative estimate of drug-likeness (QED) is 0.450. The van der Waals surface area contributed by atoms with Gasteiger partial charge in [-0.3, -0.25) is 14.4 Å². The molecule has 0 unspecified atom stereocenters. The lowest BCUT2D eigenvalue weighted by atomic mass is 10.1. The summed E-state index contributed by atoms with van der Waals surface area (Å²) in [5.41, 5.74) is 1.02. The Kier molecular flexibility index (Phi) is 5.31. The fraction of sp³-hybridized carbons (Fsp3) is 0.235. The topological polar surface area (TPSA) is 107 Å². The summed E-state index contributed by atoms with van der Waals surface area (Å²) >= 11 is 0. The molecule has 0 aliphatic rings.